The van der Waals surface area contributed by atoms with E-state index >= 15 is 0 Å². The van der Waals surface area contributed by atoms with Gasteiger partial charge >= 0.3 is 6.03 Å². The van der Waals surface area contributed by atoms with E-state index in [2.05, 4.69) is 15.5 Å². The predicted molar refractivity (Wildman–Crippen MR) is 160 cm³/mol. The average Bonchev–Trinajstić information content (AvgIpc) is 2.93. The fourth-order valence-electron chi connectivity index (χ4n) is 3.49. The van der Waals surface area contributed by atoms with Gasteiger partial charge < -0.3 is 15.5 Å². The van der Waals surface area contributed by atoms with E-state index in [-0.39, 0.29) is 16.8 Å². The van der Waals surface area contributed by atoms with Gasteiger partial charge in [-0.25, -0.2) is 22.1 Å². The van der Waals surface area contributed by atoms with Gasteiger partial charge in [0, 0.05) is 19.1 Å². The second kappa shape index (κ2) is 22.9. The van der Waals surface area contributed by atoms with E-state index < -0.39 is 22.8 Å². The third-order valence-electron chi connectivity index (χ3n) is 5.47. The van der Waals surface area contributed by atoms with Crippen LogP contribution in [0.3, 0.4) is 0 Å². The Morgan fingerprint density at radius 2 is 1.62 bits per heavy atom. The van der Waals surface area contributed by atoms with Crippen LogP contribution in [0.5, 0.6) is 0 Å². The molecule has 2 aromatic rings. The Labute approximate surface area is 242 Å². The van der Waals surface area contributed by atoms with Gasteiger partial charge in [-0.3, -0.25) is 4.79 Å². The second-order valence-corrected chi connectivity index (χ2v) is 10.7. The number of rotatable bonds is 15. The Morgan fingerprint density at radius 1 is 0.975 bits per heavy atom. The number of nitrogens with one attached hydrogen (secondary N) is 2. The molecule has 0 aliphatic rings. The van der Waals surface area contributed by atoms with E-state index in [4.69, 9.17) is 0 Å². The number of amides is 3. The normalized spacial score (nSPS) is 11.7. The van der Waals surface area contributed by atoms with Gasteiger partial charge in [0.15, 0.2) is 11.0 Å². The fourth-order valence-corrected chi connectivity index (χ4v) is 4.65. The number of hydrogen-bond acceptors (Lipinski definition) is 4. The first kappa shape index (κ1) is 37.1. The molecule has 3 amide bonds. The van der Waals surface area contributed by atoms with Crippen LogP contribution in [0.15, 0.2) is 53.4 Å². The van der Waals surface area contributed by atoms with Crippen molar-refractivity contribution in [2.75, 3.05) is 33.7 Å². The minimum atomic E-state index is -1.80. The Morgan fingerprint density at radius 3 is 2.20 bits per heavy atom. The van der Waals surface area contributed by atoms with Crippen LogP contribution in [0.2, 0.25) is 0 Å². The summed E-state index contributed by atoms with van der Waals surface area (Å²) in [6, 6.07) is 10.8. The molecule has 2 atom stereocenters. The smallest absolute Gasteiger partial charge is 0.329 e. The Kier molecular flexibility index (Phi) is 21.3. The molecule has 0 saturated heterocycles. The molecular formula is C30H48F2N4O3S. The summed E-state index contributed by atoms with van der Waals surface area (Å²) in [5, 5.41) is 5.46. The Balaban J connectivity index is 0.00000107. The Bertz CT molecular complexity index is 978. The molecule has 0 radical (unpaired) electrons. The number of halogens is 2. The van der Waals surface area contributed by atoms with Gasteiger partial charge in [0.1, 0.15) is 11.6 Å². The van der Waals surface area contributed by atoms with E-state index in [0.29, 0.717) is 19.4 Å². The van der Waals surface area contributed by atoms with Gasteiger partial charge in [-0.05, 0) is 89.1 Å². The lowest BCUT2D eigenvalue weighted by molar-refractivity contribution is -0.109. The van der Waals surface area contributed by atoms with Crippen molar-refractivity contribution in [2.24, 2.45) is 0 Å². The Hall–Kier alpha value is -2.85. The van der Waals surface area contributed by atoms with Crippen molar-refractivity contribution >= 4 is 23.4 Å². The first-order valence-corrected chi connectivity index (χ1v) is 15.1. The standard InChI is InChI=1S/C21H26F2N2O2S.C7H16N2O.C2H6/c1-3-4-5-13-25(28(27)20-8-6-7-19(23)15-20)21(26)24-16(2)14-17-9-11-18(22)12-10-17;1-9(2)6-4-3-5-8-7-10;1-2/h6-12,15-16H,3-5,13-14H2,1-2H3,(H,24,26);7H,3-6H2,1-2H3,(H,8,10);1-2H3. The van der Waals surface area contributed by atoms with Gasteiger partial charge in [-0.2, -0.15) is 0 Å². The van der Waals surface area contributed by atoms with Crippen molar-refractivity contribution in [1.82, 2.24) is 19.8 Å². The number of unbranched alkanes of at least 4 members (excludes halogenated alkanes) is 3. The lowest BCUT2D eigenvalue weighted by Crippen LogP contribution is -2.45. The van der Waals surface area contributed by atoms with Crippen LogP contribution in [-0.4, -0.2) is 65.6 Å². The largest absolute Gasteiger partial charge is 0.359 e. The zero-order valence-corrected chi connectivity index (χ0v) is 25.7. The molecule has 10 heteroatoms. The first-order valence-electron chi connectivity index (χ1n) is 14.0. The number of nitrogens with zero attached hydrogens (tertiary/aromatic N) is 2. The summed E-state index contributed by atoms with van der Waals surface area (Å²) in [4.78, 5) is 24.9. The van der Waals surface area contributed by atoms with Gasteiger partial charge in [0.25, 0.3) is 0 Å². The highest BCUT2D eigenvalue weighted by molar-refractivity contribution is 7.83. The molecule has 0 aliphatic heterocycles. The SMILES string of the molecule is CC.CCCCCN(C(=O)NC(C)Cc1ccc(F)cc1)S(=O)c1cccc(F)c1.CN(C)CCCCNC=O. The van der Waals surface area contributed by atoms with Crippen molar-refractivity contribution in [1.29, 1.82) is 0 Å². The molecule has 2 aromatic carbocycles. The highest BCUT2D eigenvalue weighted by atomic mass is 32.2. The van der Waals surface area contributed by atoms with E-state index in [1.54, 1.807) is 18.2 Å². The predicted octanol–water partition coefficient (Wildman–Crippen LogP) is 5.92. The summed E-state index contributed by atoms with van der Waals surface area (Å²) in [7, 11) is 2.30. The van der Waals surface area contributed by atoms with Gasteiger partial charge in [-0.1, -0.05) is 51.8 Å². The number of carbonyl (C=O) groups excluding carboxylic acids is 2. The molecule has 2 N–H and O–H groups in total. The van der Waals surface area contributed by atoms with Crippen LogP contribution in [0.1, 0.15) is 65.4 Å². The monoisotopic (exact) mass is 582 g/mol. The molecule has 0 spiro atoms. The van der Waals surface area contributed by atoms with Crippen LogP contribution < -0.4 is 10.6 Å². The molecular weight excluding hydrogens is 534 g/mol. The first-order chi connectivity index (χ1) is 19.2. The molecule has 0 aromatic heterocycles. The van der Waals surface area contributed by atoms with Gasteiger partial charge in [0.05, 0.1) is 4.90 Å². The third-order valence-corrected chi connectivity index (χ3v) is 6.88. The fraction of sp³-hybridized carbons (Fsp3) is 0.533. The molecule has 40 heavy (non-hydrogen) atoms. The highest BCUT2D eigenvalue weighted by Crippen LogP contribution is 2.15. The van der Waals surface area contributed by atoms with Crippen molar-refractivity contribution in [3.63, 3.8) is 0 Å². The van der Waals surface area contributed by atoms with Crippen LogP contribution >= 0.6 is 0 Å². The minimum absolute atomic E-state index is 0.240. The summed E-state index contributed by atoms with van der Waals surface area (Å²) < 4.78 is 40.6. The maximum Gasteiger partial charge on any atom is 0.329 e. The summed E-state index contributed by atoms with van der Waals surface area (Å²) >= 11 is 0. The van der Waals surface area contributed by atoms with Crippen molar-refractivity contribution < 1.29 is 22.6 Å². The molecule has 0 heterocycles. The summed E-state index contributed by atoms with van der Waals surface area (Å²) in [6.07, 6.45) is 6.04. The van der Waals surface area contributed by atoms with Crippen molar-refractivity contribution in [3.05, 3.63) is 65.7 Å². The van der Waals surface area contributed by atoms with E-state index in [0.717, 1.165) is 50.7 Å². The summed E-state index contributed by atoms with van der Waals surface area (Å²) in [6.45, 7) is 10.1. The second-order valence-electron chi connectivity index (χ2n) is 9.28. The molecule has 226 valence electrons. The summed E-state index contributed by atoms with van der Waals surface area (Å²) in [5.74, 6) is -0.808. The highest BCUT2D eigenvalue weighted by Gasteiger charge is 2.23. The van der Waals surface area contributed by atoms with E-state index in [1.165, 1.54) is 34.6 Å². The van der Waals surface area contributed by atoms with Gasteiger partial charge in [-0.15, -0.1) is 0 Å². The average molecular weight is 583 g/mol. The molecule has 2 rings (SSSR count). The maximum atomic E-state index is 13.5. The van der Waals surface area contributed by atoms with Gasteiger partial charge in [0.2, 0.25) is 6.41 Å². The zero-order chi connectivity index (χ0) is 30.3. The van der Waals surface area contributed by atoms with Crippen molar-refractivity contribution in [2.45, 2.75) is 77.2 Å². The third kappa shape index (κ3) is 17.0. The molecule has 0 fully saturated rings. The molecule has 2 unspecified atom stereocenters. The molecule has 0 saturated carbocycles. The van der Waals surface area contributed by atoms with Crippen LogP contribution in [0.4, 0.5) is 13.6 Å². The van der Waals surface area contributed by atoms with Crippen molar-refractivity contribution in [3.8, 4) is 0 Å². The van der Waals surface area contributed by atoms with E-state index in [9.17, 15) is 22.6 Å². The topological polar surface area (TPSA) is 81.8 Å². The lowest BCUT2D eigenvalue weighted by atomic mass is 10.1. The quantitative estimate of drug-likeness (QED) is 0.202. The number of hydrogen-bond donors (Lipinski definition) is 2. The molecule has 0 aliphatic carbocycles. The van der Waals surface area contributed by atoms with Crippen LogP contribution in [0.25, 0.3) is 0 Å². The minimum Gasteiger partial charge on any atom is -0.359 e. The molecule has 7 nitrogen and oxygen atoms in total. The lowest BCUT2D eigenvalue weighted by Gasteiger charge is -2.24. The maximum absolute atomic E-state index is 13.5. The number of benzene rings is 2. The van der Waals surface area contributed by atoms with Crippen LogP contribution in [0, 0.1) is 11.6 Å². The van der Waals surface area contributed by atoms with Crippen LogP contribution in [-0.2, 0) is 22.2 Å². The molecule has 0 bridgehead atoms. The van der Waals surface area contributed by atoms with E-state index in [1.807, 2.05) is 41.8 Å². The summed E-state index contributed by atoms with van der Waals surface area (Å²) in [5.41, 5.74) is 0.887. The number of carbonyl (C=O) groups is 2. The zero-order valence-electron chi connectivity index (χ0n) is 24.9. The number of urea groups is 1.